The smallest absolute Gasteiger partial charge is 0.0348 e. The van der Waals surface area contributed by atoms with Gasteiger partial charge in [-0.15, -0.1) is 0 Å². The molecule has 0 aromatic rings. The van der Waals surface area contributed by atoms with Crippen molar-refractivity contribution >= 4 is 0 Å². The van der Waals surface area contributed by atoms with Crippen LogP contribution in [0.1, 0.15) is 77.6 Å². The minimum absolute atomic E-state index is 1.21. The highest BCUT2D eigenvalue weighted by Gasteiger charge is 1.88. The number of rotatable bonds is 13. The van der Waals surface area contributed by atoms with Gasteiger partial charge in [-0.3, -0.25) is 0 Å². The molecule has 0 unspecified atom stereocenters. The predicted octanol–water partition coefficient (Wildman–Crippen LogP) is 6.60. The van der Waals surface area contributed by atoms with Crippen LogP contribution in [0.5, 0.6) is 0 Å². The first-order valence-electron chi connectivity index (χ1n) is 7.84. The van der Waals surface area contributed by atoms with Crippen LogP contribution in [0.25, 0.3) is 0 Å². The van der Waals surface area contributed by atoms with Gasteiger partial charge >= 0.3 is 0 Å². The zero-order valence-electron chi connectivity index (χ0n) is 12.4. The molecule has 0 aliphatic carbocycles. The third-order valence-corrected chi connectivity index (χ3v) is 3.15. The molecule has 0 saturated carbocycles. The van der Waals surface area contributed by atoms with E-state index in [9.17, 15) is 0 Å². The summed E-state index contributed by atoms with van der Waals surface area (Å²) < 4.78 is 0. The lowest BCUT2D eigenvalue weighted by molar-refractivity contribution is 0.649. The molecule has 0 atom stereocenters. The van der Waals surface area contributed by atoms with Gasteiger partial charge in [-0.25, -0.2) is 0 Å². The lowest BCUT2D eigenvalue weighted by Crippen LogP contribution is -1.77. The van der Waals surface area contributed by atoms with Crippen molar-refractivity contribution in [2.75, 3.05) is 0 Å². The molecule has 104 valence electrons. The summed E-state index contributed by atoms with van der Waals surface area (Å²) >= 11 is 0. The van der Waals surface area contributed by atoms with Crippen LogP contribution in [0.4, 0.5) is 0 Å². The van der Waals surface area contributed by atoms with Crippen LogP contribution in [0.15, 0.2) is 37.0 Å². The molecule has 0 fully saturated rings. The second-order valence-electron chi connectivity index (χ2n) is 4.98. The summed E-state index contributed by atoms with van der Waals surface area (Å²) in [7, 11) is 0. The first-order chi connectivity index (χ1) is 8.91. The van der Waals surface area contributed by atoms with E-state index < -0.39 is 0 Å². The van der Waals surface area contributed by atoms with Crippen LogP contribution in [0, 0.1) is 0 Å². The second-order valence-corrected chi connectivity index (χ2v) is 4.98. The second kappa shape index (κ2) is 16.2. The summed E-state index contributed by atoms with van der Waals surface area (Å²) in [4.78, 5) is 0. The Hall–Kier alpha value is -0.780. The van der Waals surface area contributed by atoms with Crippen LogP contribution in [-0.4, -0.2) is 0 Å². The van der Waals surface area contributed by atoms with Crippen LogP contribution >= 0.6 is 0 Å². The topological polar surface area (TPSA) is 0 Å². The number of unbranched alkanes of at least 4 members (excludes halogenated alkanes) is 9. The van der Waals surface area contributed by atoms with Crippen molar-refractivity contribution in [2.24, 2.45) is 0 Å². The Morgan fingerprint density at radius 1 is 0.667 bits per heavy atom. The maximum atomic E-state index is 3.67. The number of allylic oxidation sites excluding steroid dienone is 5. The molecule has 0 aliphatic heterocycles. The van der Waals surface area contributed by atoms with E-state index in [0.29, 0.717) is 0 Å². The molecule has 0 saturated heterocycles. The third-order valence-electron chi connectivity index (χ3n) is 3.15. The third kappa shape index (κ3) is 15.2. The molecule has 0 rings (SSSR count). The maximum Gasteiger partial charge on any atom is -0.0348 e. The van der Waals surface area contributed by atoms with Gasteiger partial charge in [0, 0.05) is 0 Å². The highest BCUT2D eigenvalue weighted by Crippen LogP contribution is 2.08. The highest BCUT2D eigenvalue weighted by molar-refractivity contribution is 4.96. The Bertz CT molecular complexity index is 210. The summed E-state index contributed by atoms with van der Waals surface area (Å²) in [6, 6.07) is 0. The van der Waals surface area contributed by atoms with Crippen molar-refractivity contribution in [3.63, 3.8) is 0 Å². The van der Waals surface area contributed by atoms with E-state index in [0.717, 1.165) is 0 Å². The minimum Gasteiger partial charge on any atom is -0.0991 e. The molecular weight excluding hydrogens is 216 g/mol. The molecule has 0 N–H and O–H groups in total. The number of hydrogen-bond donors (Lipinski definition) is 0. The molecule has 0 aromatic heterocycles. The van der Waals surface area contributed by atoms with Crippen molar-refractivity contribution in [3.8, 4) is 0 Å². The SMILES string of the molecule is C=CC=CCCCCCCC=CCCCCCC. The van der Waals surface area contributed by atoms with Gasteiger partial charge in [-0.2, -0.15) is 0 Å². The van der Waals surface area contributed by atoms with Gasteiger partial charge in [0.2, 0.25) is 0 Å². The maximum absolute atomic E-state index is 3.67. The first-order valence-corrected chi connectivity index (χ1v) is 7.84. The Labute approximate surface area is 115 Å². The zero-order valence-corrected chi connectivity index (χ0v) is 12.4. The first kappa shape index (κ1) is 17.2. The monoisotopic (exact) mass is 248 g/mol. The fourth-order valence-electron chi connectivity index (χ4n) is 2.00. The molecule has 0 heterocycles. The van der Waals surface area contributed by atoms with Crippen molar-refractivity contribution in [3.05, 3.63) is 37.0 Å². The summed E-state index contributed by atoms with van der Waals surface area (Å²) in [5.41, 5.74) is 0. The summed E-state index contributed by atoms with van der Waals surface area (Å²) in [5, 5.41) is 0. The average Bonchev–Trinajstić information content (AvgIpc) is 2.39. The Kier molecular flexibility index (Phi) is 15.5. The lowest BCUT2D eigenvalue weighted by atomic mass is 10.1. The van der Waals surface area contributed by atoms with Crippen molar-refractivity contribution in [1.29, 1.82) is 0 Å². The quantitative estimate of drug-likeness (QED) is 0.196. The molecule has 18 heavy (non-hydrogen) atoms. The van der Waals surface area contributed by atoms with Crippen molar-refractivity contribution in [2.45, 2.75) is 77.6 Å². The summed E-state index contributed by atoms with van der Waals surface area (Å²) in [6.45, 7) is 5.93. The van der Waals surface area contributed by atoms with E-state index in [1.165, 1.54) is 70.6 Å². The molecule has 0 nitrogen and oxygen atoms in total. The molecule has 0 aliphatic rings. The minimum atomic E-state index is 1.21. The normalized spacial score (nSPS) is 11.6. The molecule has 0 heteroatoms. The Balaban J connectivity index is 3.08. The summed E-state index contributed by atoms with van der Waals surface area (Å²) in [6.07, 6.45) is 25.6. The van der Waals surface area contributed by atoms with Crippen LogP contribution < -0.4 is 0 Å². The Morgan fingerprint density at radius 2 is 1.17 bits per heavy atom. The van der Waals surface area contributed by atoms with Gasteiger partial charge in [0.25, 0.3) is 0 Å². The fraction of sp³-hybridized carbons (Fsp3) is 0.667. The van der Waals surface area contributed by atoms with Crippen LogP contribution in [-0.2, 0) is 0 Å². The molecular formula is C18H32. The fourth-order valence-corrected chi connectivity index (χ4v) is 2.00. The van der Waals surface area contributed by atoms with E-state index in [2.05, 4.69) is 31.7 Å². The van der Waals surface area contributed by atoms with E-state index in [4.69, 9.17) is 0 Å². The van der Waals surface area contributed by atoms with Gasteiger partial charge in [0.15, 0.2) is 0 Å². The molecule has 0 spiro atoms. The van der Waals surface area contributed by atoms with E-state index in [1.807, 2.05) is 12.2 Å². The van der Waals surface area contributed by atoms with Crippen LogP contribution in [0.2, 0.25) is 0 Å². The highest BCUT2D eigenvalue weighted by atomic mass is 13.9. The van der Waals surface area contributed by atoms with E-state index >= 15 is 0 Å². The van der Waals surface area contributed by atoms with Crippen LogP contribution in [0.3, 0.4) is 0 Å². The molecule has 0 aromatic carbocycles. The molecule has 0 bridgehead atoms. The van der Waals surface area contributed by atoms with E-state index in [1.54, 1.807) is 0 Å². The average molecular weight is 248 g/mol. The molecule has 0 amide bonds. The number of hydrogen-bond acceptors (Lipinski definition) is 0. The Morgan fingerprint density at radius 3 is 1.67 bits per heavy atom. The standard InChI is InChI=1S/C18H32/c1-3-5-7-9-11-13-15-17-18-16-14-12-10-8-6-4-2/h3,5,7,14,16H,1,4,6,8-13,15,17-18H2,2H3. The van der Waals surface area contributed by atoms with Gasteiger partial charge in [0.1, 0.15) is 0 Å². The largest absolute Gasteiger partial charge is 0.0991 e. The van der Waals surface area contributed by atoms with Gasteiger partial charge in [0.05, 0.1) is 0 Å². The van der Waals surface area contributed by atoms with Gasteiger partial charge in [-0.1, -0.05) is 76.0 Å². The lowest BCUT2D eigenvalue weighted by Gasteiger charge is -1.97. The zero-order chi connectivity index (χ0) is 13.3. The predicted molar refractivity (Wildman–Crippen MR) is 84.9 cm³/mol. The van der Waals surface area contributed by atoms with E-state index in [-0.39, 0.29) is 0 Å². The molecule has 0 radical (unpaired) electrons. The van der Waals surface area contributed by atoms with Crippen molar-refractivity contribution < 1.29 is 0 Å². The van der Waals surface area contributed by atoms with Crippen molar-refractivity contribution in [1.82, 2.24) is 0 Å². The van der Waals surface area contributed by atoms with Gasteiger partial charge in [-0.05, 0) is 38.5 Å². The van der Waals surface area contributed by atoms with Gasteiger partial charge < -0.3 is 0 Å². The summed E-state index contributed by atoms with van der Waals surface area (Å²) in [5.74, 6) is 0.